The molecule has 1 saturated carbocycles. The first kappa shape index (κ1) is 20.4. The molecule has 0 radical (unpaired) electrons. The number of anilines is 1. The van der Waals surface area contributed by atoms with Gasteiger partial charge in [-0.25, -0.2) is 0 Å². The third-order valence-electron chi connectivity index (χ3n) is 5.30. The van der Waals surface area contributed by atoms with E-state index in [1.165, 1.54) is 0 Å². The van der Waals surface area contributed by atoms with Crippen molar-refractivity contribution in [2.75, 3.05) is 5.32 Å². The van der Waals surface area contributed by atoms with Crippen molar-refractivity contribution in [3.05, 3.63) is 64.7 Å². The highest BCUT2D eigenvalue weighted by molar-refractivity contribution is 6.30. The highest BCUT2D eigenvalue weighted by atomic mass is 35.5. The van der Waals surface area contributed by atoms with E-state index in [1.54, 1.807) is 24.3 Å². The Morgan fingerprint density at radius 3 is 2.29 bits per heavy atom. The van der Waals surface area contributed by atoms with Gasteiger partial charge >= 0.3 is 0 Å². The summed E-state index contributed by atoms with van der Waals surface area (Å²) >= 11 is 5.99. The quantitative estimate of drug-likeness (QED) is 0.685. The Hall–Kier alpha value is -2.33. The van der Waals surface area contributed by atoms with Crippen molar-refractivity contribution in [2.45, 2.75) is 51.5 Å². The van der Waals surface area contributed by atoms with E-state index in [1.807, 2.05) is 38.1 Å². The molecule has 0 spiro atoms. The molecule has 2 aromatic carbocycles. The molecule has 4 nitrogen and oxygen atoms in total. The number of amides is 2. The Labute approximate surface area is 171 Å². The van der Waals surface area contributed by atoms with E-state index in [-0.39, 0.29) is 29.7 Å². The number of nitrogens with one attached hydrogen (secondary N) is 2. The van der Waals surface area contributed by atoms with Crippen LogP contribution in [0.5, 0.6) is 0 Å². The van der Waals surface area contributed by atoms with Crippen LogP contribution in [-0.2, 0) is 4.79 Å². The monoisotopic (exact) mass is 398 g/mol. The van der Waals surface area contributed by atoms with Gasteiger partial charge < -0.3 is 10.6 Å². The van der Waals surface area contributed by atoms with Gasteiger partial charge in [-0.1, -0.05) is 62.6 Å². The molecule has 0 heterocycles. The lowest BCUT2D eigenvalue weighted by molar-refractivity contribution is -0.118. The second-order valence-electron chi connectivity index (χ2n) is 7.76. The Balaban J connectivity index is 1.78. The SMILES string of the molecule is CC(C)C(C(=O)Nc1ccccc1C(=O)NC1CCCC1)c1ccc(Cl)cc1. The van der Waals surface area contributed by atoms with Gasteiger partial charge in [-0.3, -0.25) is 9.59 Å². The van der Waals surface area contributed by atoms with Crippen LogP contribution in [0, 0.1) is 5.92 Å². The van der Waals surface area contributed by atoms with Gasteiger partial charge in [0, 0.05) is 11.1 Å². The van der Waals surface area contributed by atoms with E-state index in [2.05, 4.69) is 10.6 Å². The minimum Gasteiger partial charge on any atom is -0.349 e. The van der Waals surface area contributed by atoms with Gasteiger partial charge in [0.1, 0.15) is 0 Å². The third-order valence-corrected chi connectivity index (χ3v) is 5.55. The Bertz CT molecular complexity index is 827. The zero-order valence-electron chi connectivity index (χ0n) is 16.4. The Morgan fingerprint density at radius 1 is 1.00 bits per heavy atom. The summed E-state index contributed by atoms with van der Waals surface area (Å²) in [4.78, 5) is 25.8. The summed E-state index contributed by atoms with van der Waals surface area (Å²) < 4.78 is 0. The van der Waals surface area contributed by atoms with Crippen LogP contribution in [0.1, 0.15) is 61.4 Å². The molecule has 148 valence electrons. The smallest absolute Gasteiger partial charge is 0.253 e. The number of para-hydroxylation sites is 1. The molecular weight excluding hydrogens is 372 g/mol. The fourth-order valence-corrected chi connectivity index (χ4v) is 3.97. The molecule has 1 aliphatic carbocycles. The van der Waals surface area contributed by atoms with Gasteiger partial charge in [-0.05, 0) is 48.6 Å². The summed E-state index contributed by atoms with van der Waals surface area (Å²) in [5.41, 5.74) is 1.95. The lowest BCUT2D eigenvalue weighted by atomic mass is 9.87. The maximum Gasteiger partial charge on any atom is 0.253 e. The number of carbonyl (C=O) groups excluding carboxylic acids is 2. The average Bonchev–Trinajstić information content (AvgIpc) is 3.16. The number of halogens is 1. The summed E-state index contributed by atoms with van der Waals surface area (Å²) in [7, 11) is 0. The lowest BCUT2D eigenvalue weighted by Crippen LogP contribution is -2.33. The first-order valence-corrected chi connectivity index (χ1v) is 10.3. The maximum atomic E-state index is 13.1. The second-order valence-corrected chi connectivity index (χ2v) is 8.20. The molecule has 0 aliphatic heterocycles. The molecule has 1 atom stereocenters. The van der Waals surface area contributed by atoms with Crippen molar-refractivity contribution in [3.8, 4) is 0 Å². The fourth-order valence-electron chi connectivity index (χ4n) is 3.84. The molecule has 2 aromatic rings. The minimum atomic E-state index is -0.330. The molecule has 3 rings (SSSR count). The molecule has 1 fully saturated rings. The Kier molecular flexibility index (Phi) is 6.74. The predicted molar refractivity (Wildman–Crippen MR) is 114 cm³/mol. The molecule has 0 aromatic heterocycles. The van der Waals surface area contributed by atoms with Gasteiger partial charge in [0.25, 0.3) is 5.91 Å². The summed E-state index contributed by atoms with van der Waals surface area (Å²) in [5, 5.41) is 6.71. The highest BCUT2D eigenvalue weighted by Crippen LogP contribution is 2.28. The zero-order valence-corrected chi connectivity index (χ0v) is 17.1. The number of rotatable bonds is 6. The van der Waals surface area contributed by atoms with Gasteiger partial charge in [0.05, 0.1) is 17.2 Å². The minimum absolute atomic E-state index is 0.0978. The zero-order chi connectivity index (χ0) is 20.1. The number of carbonyl (C=O) groups is 2. The molecule has 1 unspecified atom stereocenters. The summed E-state index contributed by atoms with van der Waals surface area (Å²) in [6.07, 6.45) is 4.35. The average molecular weight is 399 g/mol. The van der Waals surface area contributed by atoms with Crippen LogP contribution in [-0.4, -0.2) is 17.9 Å². The number of hydrogen-bond donors (Lipinski definition) is 2. The van der Waals surface area contributed by atoms with Crippen molar-refractivity contribution >= 4 is 29.1 Å². The predicted octanol–water partition coefficient (Wildman–Crippen LogP) is 5.39. The number of hydrogen-bond acceptors (Lipinski definition) is 2. The van der Waals surface area contributed by atoms with E-state index in [0.29, 0.717) is 16.3 Å². The van der Waals surface area contributed by atoms with Gasteiger partial charge in [-0.15, -0.1) is 0 Å². The second kappa shape index (κ2) is 9.24. The standard InChI is InChI=1S/C23H27ClN2O2/c1-15(2)21(16-11-13-17(24)14-12-16)23(28)26-20-10-6-5-9-19(20)22(27)25-18-7-3-4-8-18/h5-6,9-15,18,21H,3-4,7-8H2,1-2H3,(H,25,27)(H,26,28). The highest BCUT2D eigenvalue weighted by Gasteiger charge is 2.26. The normalized spacial score (nSPS) is 15.4. The van der Waals surface area contributed by atoms with Crippen LogP contribution in [0.15, 0.2) is 48.5 Å². The lowest BCUT2D eigenvalue weighted by Gasteiger charge is -2.22. The number of benzene rings is 2. The molecular formula is C23H27ClN2O2. The third kappa shape index (κ3) is 4.93. The van der Waals surface area contributed by atoms with Crippen LogP contribution in [0.3, 0.4) is 0 Å². The fraction of sp³-hybridized carbons (Fsp3) is 0.391. The van der Waals surface area contributed by atoms with Crippen molar-refractivity contribution in [1.29, 1.82) is 0 Å². The van der Waals surface area contributed by atoms with Gasteiger partial charge in [-0.2, -0.15) is 0 Å². The van der Waals surface area contributed by atoms with Crippen molar-refractivity contribution in [1.82, 2.24) is 5.32 Å². The molecule has 0 saturated heterocycles. The molecule has 5 heteroatoms. The topological polar surface area (TPSA) is 58.2 Å². The van der Waals surface area contributed by atoms with E-state index in [9.17, 15) is 9.59 Å². The van der Waals surface area contributed by atoms with Crippen molar-refractivity contribution in [3.63, 3.8) is 0 Å². The summed E-state index contributed by atoms with van der Waals surface area (Å²) in [6.45, 7) is 4.02. The van der Waals surface area contributed by atoms with Crippen molar-refractivity contribution in [2.24, 2.45) is 5.92 Å². The molecule has 2 N–H and O–H groups in total. The van der Waals surface area contributed by atoms with E-state index in [0.717, 1.165) is 31.2 Å². The van der Waals surface area contributed by atoms with Crippen LogP contribution in [0.25, 0.3) is 0 Å². The first-order chi connectivity index (χ1) is 13.5. The largest absolute Gasteiger partial charge is 0.349 e. The van der Waals surface area contributed by atoms with Crippen molar-refractivity contribution < 1.29 is 9.59 Å². The van der Waals surface area contributed by atoms with E-state index < -0.39 is 0 Å². The van der Waals surface area contributed by atoms with Crippen LogP contribution < -0.4 is 10.6 Å². The van der Waals surface area contributed by atoms with Crippen LogP contribution >= 0.6 is 11.6 Å². The van der Waals surface area contributed by atoms with E-state index >= 15 is 0 Å². The van der Waals surface area contributed by atoms with E-state index in [4.69, 9.17) is 11.6 Å². The molecule has 2 amide bonds. The maximum absolute atomic E-state index is 13.1. The van der Waals surface area contributed by atoms with Gasteiger partial charge in [0.15, 0.2) is 0 Å². The van der Waals surface area contributed by atoms with Gasteiger partial charge in [0.2, 0.25) is 5.91 Å². The Morgan fingerprint density at radius 2 is 1.64 bits per heavy atom. The first-order valence-electron chi connectivity index (χ1n) is 9.92. The molecule has 28 heavy (non-hydrogen) atoms. The molecule has 1 aliphatic rings. The summed E-state index contributed by atoms with van der Waals surface area (Å²) in [5.74, 6) is -0.488. The molecule has 0 bridgehead atoms. The van der Waals surface area contributed by atoms with Crippen LogP contribution in [0.4, 0.5) is 5.69 Å². The summed E-state index contributed by atoms with van der Waals surface area (Å²) in [6, 6.07) is 14.8. The van der Waals surface area contributed by atoms with Crippen LogP contribution in [0.2, 0.25) is 5.02 Å².